The highest BCUT2D eigenvalue weighted by molar-refractivity contribution is 6.31. The Morgan fingerprint density at radius 2 is 2.00 bits per heavy atom. The van der Waals surface area contributed by atoms with Crippen molar-refractivity contribution in [3.8, 4) is 5.75 Å². The van der Waals surface area contributed by atoms with Crippen LogP contribution in [0.3, 0.4) is 0 Å². The number of halogens is 2. The van der Waals surface area contributed by atoms with Crippen LogP contribution < -0.4 is 19.9 Å². The first-order valence-electron chi connectivity index (χ1n) is 12.0. The monoisotopic (exact) mass is 524 g/mol. The molecule has 3 aromatic carbocycles. The molecule has 1 amide bonds. The van der Waals surface area contributed by atoms with Crippen LogP contribution >= 0.6 is 11.6 Å². The van der Waals surface area contributed by atoms with Crippen molar-refractivity contribution in [1.82, 2.24) is 5.32 Å². The number of nitrogens with zero attached hydrogens (tertiary/aromatic N) is 3. The van der Waals surface area contributed by atoms with Crippen LogP contribution in [-0.4, -0.2) is 43.6 Å². The quantitative estimate of drug-likeness (QED) is 0.375. The predicted octanol–water partition coefficient (Wildman–Crippen LogP) is 4.58. The van der Waals surface area contributed by atoms with E-state index in [4.69, 9.17) is 16.3 Å². The van der Waals surface area contributed by atoms with Crippen molar-refractivity contribution in [2.75, 3.05) is 36.5 Å². The number of methoxy groups -OCH3 is 1. The molecular formula is C27H26ClFN4O4. The zero-order valence-corrected chi connectivity index (χ0v) is 21.0. The van der Waals surface area contributed by atoms with E-state index in [0.717, 1.165) is 16.9 Å². The molecule has 0 saturated carbocycles. The van der Waals surface area contributed by atoms with Gasteiger partial charge in [-0.15, -0.1) is 0 Å². The van der Waals surface area contributed by atoms with Crippen molar-refractivity contribution in [1.29, 1.82) is 0 Å². The maximum absolute atomic E-state index is 13.6. The van der Waals surface area contributed by atoms with Crippen molar-refractivity contribution in [3.63, 3.8) is 0 Å². The van der Waals surface area contributed by atoms with Gasteiger partial charge in [0.25, 0.3) is 5.69 Å². The van der Waals surface area contributed by atoms with E-state index in [0.29, 0.717) is 42.4 Å². The molecule has 3 aromatic rings. The number of piperazine rings is 1. The van der Waals surface area contributed by atoms with E-state index in [9.17, 15) is 19.3 Å². The smallest absolute Gasteiger partial charge is 0.269 e. The van der Waals surface area contributed by atoms with Gasteiger partial charge >= 0.3 is 0 Å². The highest BCUT2D eigenvalue weighted by Gasteiger charge is 2.42. The number of hydrogen-bond donors (Lipinski definition) is 1. The first-order chi connectivity index (χ1) is 17.8. The van der Waals surface area contributed by atoms with Crippen molar-refractivity contribution in [2.24, 2.45) is 5.92 Å². The molecule has 192 valence electrons. The van der Waals surface area contributed by atoms with Gasteiger partial charge in [-0.3, -0.25) is 14.9 Å². The molecule has 0 aromatic heterocycles. The summed E-state index contributed by atoms with van der Waals surface area (Å²) in [4.78, 5) is 28.9. The van der Waals surface area contributed by atoms with Gasteiger partial charge in [0.2, 0.25) is 5.91 Å². The van der Waals surface area contributed by atoms with E-state index in [2.05, 4.69) is 15.1 Å². The Morgan fingerprint density at radius 3 is 2.76 bits per heavy atom. The molecule has 2 heterocycles. The Kier molecular flexibility index (Phi) is 6.88. The number of carbonyl (C=O) groups is 1. The molecule has 2 aliphatic heterocycles. The summed E-state index contributed by atoms with van der Waals surface area (Å²) in [5, 5.41) is 15.0. The number of amides is 1. The van der Waals surface area contributed by atoms with E-state index in [1.165, 1.54) is 18.2 Å². The topological polar surface area (TPSA) is 87.9 Å². The lowest BCUT2D eigenvalue weighted by molar-refractivity contribution is -0.384. The Hall–Kier alpha value is -3.85. The van der Waals surface area contributed by atoms with Gasteiger partial charge in [-0.2, -0.15) is 0 Å². The Balaban J connectivity index is 1.46. The van der Waals surface area contributed by atoms with Crippen molar-refractivity contribution < 1.29 is 18.8 Å². The summed E-state index contributed by atoms with van der Waals surface area (Å²) in [6, 6.07) is 16.2. The van der Waals surface area contributed by atoms with Crippen LogP contribution in [0, 0.1) is 21.8 Å². The normalized spacial score (nSPS) is 18.6. The number of benzene rings is 3. The first kappa shape index (κ1) is 24.8. The Labute approximate surface area is 218 Å². The van der Waals surface area contributed by atoms with Crippen LogP contribution in [-0.2, 0) is 17.8 Å². The number of non-ortho nitro benzene ring substituents is 1. The third-order valence-electron chi connectivity index (χ3n) is 7.08. The highest BCUT2D eigenvalue weighted by Crippen LogP contribution is 2.40. The molecule has 1 N–H and O–H groups in total. The van der Waals surface area contributed by atoms with Gasteiger partial charge in [0, 0.05) is 49.0 Å². The van der Waals surface area contributed by atoms with Crippen molar-refractivity contribution in [2.45, 2.75) is 19.0 Å². The van der Waals surface area contributed by atoms with Gasteiger partial charge in [-0.1, -0.05) is 23.7 Å². The number of anilines is 2. The summed E-state index contributed by atoms with van der Waals surface area (Å²) < 4.78 is 19.2. The molecular weight excluding hydrogens is 499 g/mol. The Bertz CT molecular complexity index is 1350. The van der Waals surface area contributed by atoms with Crippen molar-refractivity contribution >= 4 is 34.6 Å². The van der Waals surface area contributed by atoms with E-state index in [-0.39, 0.29) is 30.0 Å². The molecule has 1 saturated heterocycles. The number of fused-ring (bicyclic) bond motifs is 3. The summed E-state index contributed by atoms with van der Waals surface area (Å²) in [6.07, 6.45) is 0.355. The number of carbonyl (C=O) groups excluding carboxylic acids is 1. The number of hydrogen-bond acceptors (Lipinski definition) is 6. The zero-order valence-electron chi connectivity index (χ0n) is 20.2. The van der Waals surface area contributed by atoms with Crippen LogP contribution in [0.15, 0.2) is 60.7 Å². The largest absolute Gasteiger partial charge is 0.495 e. The second kappa shape index (κ2) is 10.3. The van der Waals surface area contributed by atoms with Crippen LogP contribution in [0.1, 0.15) is 11.1 Å². The van der Waals surface area contributed by atoms with Crippen LogP contribution in [0.25, 0.3) is 0 Å². The first-order valence-corrected chi connectivity index (χ1v) is 12.4. The average molecular weight is 525 g/mol. The Morgan fingerprint density at radius 1 is 1.16 bits per heavy atom. The number of rotatable bonds is 6. The minimum atomic E-state index is -0.476. The second-order valence-corrected chi connectivity index (χ2v) is 9.69. The van der Waals surface area contributed by atoms with E-state index in [1.807, 2.05) is 12.1 Å². The standard InChI is InChI=1S/C27H26ClFN4O4/c1-37-26-8-5-19(28)14-24(26)31-9-10-32-23-7-6-21(33(35)36)12-18(23)13-22(25(32)16-31)27(34)30-15-17-3-2-4-20(29)11-17/h2-8,11-12,14,22,25H,9-10,13,15-16H2,1H3,(H,30,34)/t22-,25+/m1/s1. The van der Waals surface area contributed by atoms with E-state index < -0.39 is 10.8 Å². The van der Waals surface area contributed by atoms with Crippen molar-refractivity contribution in [3.05, 3.63) is 92.7 Å². The second-order valence-electron chi connectivity index (χ2n) is 9.25. The summed E-state index contributed by atoms with van der Waals surface area (Å²) >= 11 is 6.29. The molecule has 5 rings (SSSR count). The summed E-state index contributed by atoms with van der Waals surface area (Å²) in [5.41, 5.74) is 3.18. The molecule has 2 aliphatic rings. The van der Waals surface area contributed by atoms with Gasteiger partial charge in [0.15, 0.2) is 0 Å². The highest BCUT2D eigenvalue weighted by atomic mass is 35.5. The summed E-state index contributed by atoms with van der Waals surface area (Å²) in [5.74, 6) is -0.334. The molecule has 0 bridgehead atoms. The minimum Gasteiger partial charge on any atom is -0.495 e. The SMILES string of the molecule is COc1ccc(Cl)cc1N1CCN2c3ccc([N+](=O)[O-])cc3C[C@@H](C(=O)NCc3cccc(F)c3)[C@@H]2C1. The number of ether oxygens (including phenoxy) is 1. The van der Waals surface area contributed by atoms with Gasteiger partial charge < -0.3 is 19.9 Å². The third-order valence-corrected chi connectivity index (χ3v) is 7.32. The summed E-state index contributed by atoms with van der Waals surface area (Å²) in [6.45, 7) is 1.98. The van der Waals surface area contributed by atoms with E-state index in [1.54, 1.807) is 37.4 Å². The number of nitro benzene ring substituents is 1. The van der Waals surface area contributed by atoms with Gasteiger partial charge in [0.1, 0.15) is 11.6 Å². The maximum atomic E-state index is 13.6. The fourth-order valence-electron chi connectivity index (χ4n) is 5.32. The molecule has 8 nitrogen and oxygen atoms in total. The fourth-order valence-corrected chi connectivity index (χ4v) is 5.49. The lowest BCUT2D eigenvalue weighted by atomic mass is 9.83. The van der Waals surface area contributed by atoms with Gasteiger partial charge in [0.05, 0.1) is 29.7 Å². The van der Waals surface area contributed by atoms with Crippen LogP contribution in [0.4, 0.5) is 21.5 Å². The molecule has 0 radical (unpaired) electrons. The van der Waals surface area contributed by atoms with Gasteiger partial charge in [-0.25, -0.2) is 4.39 Å². The molecule has 10 heteroatoms. The molecule has 2 atom stereocenters. The maximum Gasteiger partial charge on any atom is 0.269 e. The molecule has 0 aliphatic carbocycles. The molecule has 0 unspecified atom stereocenters. The molecule has 37 heavy (non-hydrogen) atoms. The molecule has 1 fully saturated rings. The third kappa shape index (κ3) is 5.04. The van der Waals surface area contributed by atoms with Crippen LogP contribution in [0.5, 0.6) is 5.75 Å². The fraction of sp³-hybridized carbons (Fsp3) is 0.296. The minimum absolute atomic E-state index is 0.00146. The predicted molar refractivity (Wildman–Crippen MR) is 140 cm³/mol. The number of nitrogens with one attached hydrogen (secondary N) is 1. The average Bonchev–Trinajstić information content (AvgIpc) is 2.90. The molecule has 0 spiro atoms. The summed E-state index contributed by atoms with van der Waals surface area (Å²) in [7, 11) is 1.61. The number of nitro groups is 1. The lowest BCUT2D eigenvalue weighted by Gasteiger charge is -2.49. The van der Waals surface area contributed by atoms with Crippen LogP contribution in [0.2, 0.25) is 5.02 Å². The lowest BCUT2D eigenvalue weighted by Crippen LogP contribution is -2.61. The van der Waals surface area contributed by atoms with Gasteiger partial charge in [-0.05, 0) is 53.9 Å². The van der Waals surface area contributed by atoms with E-state index >= 15 is 0 Å². The zero-order chi connectivity index (χ0) is 26.1.